The number of phenolic OH excluding ortho intramolecular Hbond substituents is 1. The molecule has 0 aliphatic heterocycles. The lowest BCUT2D eigenvalue weighted by molar-refractivity contribution is -0.145. The number of aromatic hydroxyl groups is 1. The molecule has 116 valence electrons. The Balaban J connectivity index is 2.30. The highest BCUT2D eigenvalue weighted by molar-refractivity contribution is 7.93. The van der Waals surface area contributed by atoms with E-state index in [0.717, 1.165) is 4.31 Å². The van der Waals surface area contributed by atoms with E-state index in [1.807, 2.05) is 0 Å². The van der Waals surface area contributed by atoms with E-state index in [9.17, 15) is 18.3 Å². The predicted molar refractivity (Wildman–Crippen MR) is 78.6 cm³/mol. The molecular formula is C14H19NO5S. The topological polar surface area (TPSA) is 83.9 Å². The SMILES string of the molecule is COC(=O)C1CCCC1S(=O)(=O)N(C)c1cccc(O)c1. The van der Waals surface area contributed by atoms with Crippen LogP contribution in [-0.2, 0) is 19.6 Å². The molecule has 1 saturated carbocycles. The van der Waals surface area contributed by atoms with E-state index in [1.165, 1.54) is 26.3 Å². The van der Waals surface area contributed by atoms with Gasteiger partial charge in [0.2, 0.25) is 10.0 Å². The Kier molecular flexibility index (Phi) is 4.41. The highest BCUT2D eigenvalue weighted by Gasteiger charge is 2.44. The van der Waals surface area contributed by atoms with E-state index in [-0.39, 0.29) is 5.75 Å². The molecule has 0 aromatic heterocycles. The second-order valence-electron chi connectivity index (χ2n) is 5.13. The van der Waals surface area contributed by atoms with Gasteiger partial charge in [0.25, 0.3) is 0 Å². The normalized spacial score (nSPS) is 22.0. The van der Waals surface area contributed by atoms with Crippen molar-refractivity contribution in [2.75, 3.05) is 18.5 Å². The van der Waals surface area contributed by atoms with E-state index in [0.29, 0.717) is 24.9 Å². The van der Waals surface area contributed by atoms with Crippen LogP contribution in [0.3, 0.4) is 0 Å². The molecule has 1 N–H and O–H groups in total. The lowest BCUT2D eigenvalue weighted by Crippen LogP contribution is -2.40. The van der Waals surface area contributed by atoms with Gasteiger partial charge < -0.3 is 9.84 Å². The summed E-state index contributed by atoms with van der Waals surface area (Å²) in [6.45, 7) is 0. The van der Waals surface area contributed by atoms with Crippen molar-refractivity contribution in [1.82, 2.24) is 0 Å². The first-order chi connectivity index (χ1) is 9.87. The second-order valence-corrected chi connectivity index (χ2v) is 7.31. The van der Waals surface area contributed by atoms with E-state index < -0.39 is 27.2 Å². The Morgan fingerprint density at radius 3 is 2.71 bits per heavy atom. The number of rotatable bonds is 4. The Hall–Kier alpha value is -1.76. The van der Waals surface area contributed by atoms with Crippen molar-refractivity contribution in [3.05, 3.63) is 24.3 Å². The number of carbonyl (C=O) groups is 1. The van der Waals surface area contributed by atoms with Crippen LogP contribution in [0.15, 0.2) is 24.3 Å². The maximum absolute atomic E-state index is 12.7. The number of esters is 1. The molecule has 2 rings (SSSR count). The Bertz CT molecular complexity index is 628. The molecular weight excluding hydrogens is 294 g/mol. The largest absolute Gasteiger partial charge is 0.508 e. The summed E-state index contributed by atoms with van der Waals surface area (Å²) in [4.78, 5) is 11.7. The van der Waals surface area contributed by atoms with Crippen LogP contribution in [0, 0.1) is 5.92 Å². The van der Waals surface area contributed by atoms with Gasteiger partial charge in [-0.1, -0.05) is 12.5 Å². The minimum atomic E-state index is -3.69. The van der Waals surface area contributed by atoms with E-state index in [4.69, 9.17) is 4.74 Å². The zero-order chi connectivity index (χ0) is 15.6. The van der Waals surface area contributed by atoms with Gasteiger partial charge in [0.05, 0.1) is 24.0 Å². The Morgan fingerprint density at radius 1 is 1.38 bits per heavy atom. The molecule has 0 radical (unpaired) electrons. The standard InChI is InChI=1S/C14H19NO5S/c1-15(10-5-3-6-11(16)9-10)21(18,19)13-8-4-7-12(13)14(17)20-2/h3,5-6,9,12-13,16H,4,7-8H2,1-2H3. The van der Waals surface area contributed by atoms with Crippen LogP contribution in [0.2, 0.25) is 0 Å². The highest BCUT2D eigenvalue weighted by Crippen LogP contribution is 2.35. The minimum Gasteiger partial charge on any atom is -0.508 e. The van der Waals surface area contributed by atoms with E-state index in [2.05, 4.69) is 0 Å². The third-order valence-corrected chi connectivity index (χ3v) is 6.22. The fraction of sp³-hybridized carbons (Fsp3) is 0.500. The van der Waals surface area contributed by atoms with Crippen molar-refractivity contribution in [2.24, 2.45) is 5.92 Å². The highest BCUT2D eigenvalue weighted by atomic mass is 32.2. The van der Waals surface area contributed by atoms with Gasteiger partial charge in [0, 0.05) is 13.1 Å². The summed E-state index contributed by atoms with van der Waals surface area (Å²) < 4.78 is 31.2. The van der Waals surface area contributed by atoms with Gasteiger partial charge in [-0.2, -0.15) is 0 Å². The number of sulfonamides is 1. The predicted octanol–water partition coefficient (Wildman–Crippen LogP) is 1.50. The number of hydrogen-bond donors (Lipinski definition) is 1. The summed E-state index contributed by atoms with van der Waals surface area (Å²) >= 11 is 0. The monoisotopic (exact) mass is 313 g/mol. The number of benzene rings is 1. The number of methoxy groups -OCH3 is 1. The zero-order valence-corrected chi connectivity index (χ0v) is 12.8. The maximum atomic E-state index is 12.7. The minimum absolute atomic E-state index is 0.00881. The van der Waals surface area contributed by atoms with Crippen LogP contribution in [-0.4, -0.2) is 38.9 Å². The first-order valence-electron chi connectivity index (χ1n) is 6.72. The first kappa shape index (κ1) is 15.6. The Morgan fingerprint density at radius 2 is 2.10 bits per heavy atom. The molecule has 1 aromatic carbocycles. The van der Waals surface area contributed by atoms with Crippen LogP contribution in [0.1, 0.15) is 19.3 Å². The summed E-state index contributed by atoms with van der Waals surface area (Å²) in [6, 6.07) is 6.01. The van der Waals surface area contributed by atoms with Crippen LogP contribution >= 0.6 is 0 Å². The van der Waals surface area contributed by atoms with Crippen molar-refractivity contribution in [3.63, 3.8) is 0 Å². The number of anilines is 1. The van der Waals surface area contributed by atoms with Crippen LogP contribution in [0.5, 0.6) is 5.75 Å². The van der Waals surface area contributed by atoms with Gasteiger partial charge in [0.1, 0.15) is 5.75 Å². The quantitative estimate of drug-likeness (QED) is 0.852. The van der Waals surface area contributed by atoms with Gasteiger partial charge in [-0.25, -0.2) is 8.42 Å². The summed E-state index contributed by atoms with van der Waals surface area (Å²) in [6.07, 6.45) is 1.63. The van der Waals surface area contributed by atoms with Crippen molar-refractivity contribution in [2.45, 2.75) is 24.5 Å². The molecule has 2 atom stereocenters. The molecule has 1 fully saturated rings. The van der Waals surface area contributed by atoms with Gasteiger partial charge in [-0.15, -0.1) is 0 Å². The molecule has 1 aliphatic rings. The van der Waals surface area contributed by atoms with Gasteiger partial charge in [-0.3, -0.25) is 9.10 Å². The van der Waals surface area contributed by atoms with E-state index in [1.54, 1.807) is 12.1 Å². The van der Waals surface area contributed by atoms with Crippen molar-refractivity contribution >= 4 is 21.7 Å². The number of nitrogens with zero attached hydrogens (tertiary/aromatic N) is 1. The van der Waals surface area contributed by atoms with Crippen LogP contribution in [0.25, 0.3) is 0 Å². The number of ether oxygens (including phenoxy) is 1. The summed E-state index contributed by atoms with van der Waals surface area (Å²) in [5.41, 5.74) is 0.366. The van der Waals surface area contributed by atoms with Crippen molar-refractivity contribution < 1.29 is 23.1 Å². The number of phenols is 1. The molecule has 7 heteroatoms. The number of hydrogen-bond acceptors (Lipinski definition) is 5. The lowest BCUT2D eigenvalue weighted by atomic mass is 10.1. The average Bonchev–Trinajstić information content (AvgIpc) is 2.95. The average molecular weight is 313 g/mol. The third kappa shape index (κ3) is 2.97. The first-order valence-corrected chi connectivity index (χ1v) is 8.23. The molecule has 0 spiro atoms. The van der Waals surface area contributed by atoms with Gasteiger partial charge in [0.15, 0.2) is 0 Å². The second kappa shape index (κ2) is 5.93. The molecule has 0 amide bonds. The molecule has 0 heterocycles. The zero-order valence-electron chi connectivity index (χ0n) is 12.0. The van der Waals surface area contributed by atoms with Crippen molar-refractivity contribution in [3.8, 4) is 5.75 Å². The third-order valence-electron chi connectivity index (χ3n) is 3.91. The van der Waals surface area contributed by atoms with Crippen LogP contribution < -0.4 is 4.31 Å². The molecule has 21 heavy (non-hydrogen) atoms. The maximum Gasteiger partial charge on any atom is 0.310 e. The fourth-order valence-electron chi connectivity index (χ4n) is 2.74. The molecule has 2 unspecified atom stereocenters. The fourth-order valence-corrected chi connectivity index (χ4v) is 4.68. The van der Waals surface area contributed by atoms with Gasteiger partial charge >= 0.3 is 5.97 Å². The lowest BCUT2D eigenvalue weighted by Gasteiger charge is -2.26. The van der Waals surface area contributed by atoms with E-state index >= 15 is 0 Å². The van der Waals surface area contributed by atoms with Gasteiger partial charge in [-0.05, 0) is 25.0 Å². The van der Waals surface area contributed by atoms with Crippen LogP contribution in [0.4, 0.5) is 5.69 Å². The summed E-state index contributed by atoms with van der Waals surface area (Å²) in [5, 5.41) is 8.70. The Labute approximate surface area is 124 Å². The summed E-state index contributed by atoms with van der Waals surface area (Å²) in [7, 11) is -0.997. The van der Waals surface area contributed by atoms with Crippen molar-refractivity contribution in [1.29, 1.82) is 0 Å². The molecule has 1 aromatic rings. The molecule has 0 saturated heterocycles. The molecule has 0 bridgehead atoms. The summed E-state index contributed by atoms with van der Waals surface area (Å²) in [5.74, 6) is -1.12. The number of carbonyl (C=O) groups excluding carboxylic acids is 1. The smallest absolute Gasteiger partial charge is 0.310 e. The molecule has 1 aliphatic carbocycles. The molecule has 6 nitrogen and oxygen atoms in total.